The number of carbonyl (C=O) groups excluding carboxylic acids is 1. The number of rotatable bonds is 1. The normalized spacial score (nSPS) is 29.0. The molecule has 0 aliphatic carbocycles. The Balaban J connectivity index is 2.69. The molecule has 20 heavy (non-hydrogen) atoms. The van der Waals surface area contributed by atoms with Crippen LogP contribution in [-0.4, -0.2) is 53.6 Å². The van der Waals surface area contributed by atoms with Gasteiger partial charge < -0.3 is 19.5 Å². The van der Waals surface area contributed by atoms with Crippen LogP contribution in [0.15, 0.2) is 0 Å². The van der Waals surface area contributed by atoms with Crippen molar-refractivity contribution in [2.45, 2.75) is 59.4 Å². The maximum absolute atomic E-state index is 12.1. The first kappa shape index (κ1) is 17.2. The van der Waals surface area contributed by atoms with E-state index in [9.17, 15) is 9.90 Å². The maximum Gasteiger partial charge on any atom is 0.410 e. The molecule has 1 amide bonds. The van der Waals surface area contributed by atoms with Crippen LogP contribution in [0.1, 0.15) is 41.5 Å². The molecule has 3 unspecified atom stereocenters. The molecule has 0 bridgehead atoms. The van der Waals surface area contributed by atoms with Crippen LogP contribution in [0.5, 0.6) is 0 Å². The highest BCUT2D eigenvalue weighted by Gasteiger charge is 2.33. The Kier molecular flexibility index (Phi) is 5.83. The number of carbonyl (C=O) groups is 1. The van der Waals surface area contributed by atoms with Crippen LogP contribution in [0.25, 0.3) is 0 Å². The highest BCUT2D eigenvalue weighted by Crippen LogP contribution is 2.23. The molecule has 118 valence electrons. The molecule has 3 atom stereocenters. The van der Waals surface area contributed by atoms with Gasteiger partial charge in [0.25, 0.3) is 0 Å². The van der Waals surface area contributed by atoms with Gasteiger partial charge >= 0.3 is 6.09 Å². The molecule has 1 saturated heterocycles. The zero-order chi connectivity index (χ0) is 15.5. The first-order chi connectivity index (χ1) is 9.11. The SMILES string of the molecule is CC(C)C1OCCN(C(=O)OC(C)(C)C)CC(O)C1C. The van der Waals surface area contributed by atoms with E-state index in [2.05, 4.69) is 13.8 Å². The first-order valence-corrected chi connectivity index (χ1v) is 7.39. The molecule has 0 aromatic heterocycles. The fourth-order valence-corrected chi connectivity index (χ4v) is 2.44. The van der Waals surface area contributed by atoms with Gasteiger partial charge in [0.1, 0.15) is 5.60 Å². The van der Waals surface area contributed by atoms with Gasteiger partial charge in [0.05, 0.1) is 25.4 Å². The quantitative estimate of drug-likeness (QED) is 0.804. The molecular weight excluding hydrogens is 258 g/mol. The summed E-state index contributed by atoms with van der Waals surface area (Å²) in [4.78, 5) is 13.6. The summed E-state index contributed by atoms with van der Waals surface area (Å²) in [6.07, 6.45) is -0.976. The van der Waals surface area contributed by atoms with Crippen molar-refractivity contribution in [3.05, 3.63) is 0 Å². The van der Waals surface area contributed by atoms with Crippen LogP contribution in [0.3, 0.4) is 0 Å². The number of hydrogen-bond donors (Lipinski definition) is 1. The standard InChI is InChI=1S/C15H29NO4/c1-10(2)13-11(3)12(17)9-16(7-8-19-13)14(18)20-15(4,5)6/h10-13,17H,7-9H2,1-6H3. The fraction of sp³-hybridized carbons (Fsp3) is 0.933. The van der Waals surface area contributed by atoms with Gasteiger partial charge in [0, 0.05) is 12.5 Å². The molecule has 0 aromatic carbocycles. The van der Waals surface area contributed by atoms with Crippen LogP contribution in [-0.2, 0) is 9.47 Å². The van der Waals surface area contributed by atoms with Gasteiger partial charge in [0.15, 0.2) is 0 Å². The predicted octanol–water partition coefficient (Wildman–Crippen LogP) is 2.28. The number of aliphatic hydroxyl groups is 1. The third-order valence-electron chi connectivity index (χ3n) is 3.51. The zero-order valence-electron chi connectivity index (χ0n) is 13.5. The summed E-state index contributed by atoms with van der Waals surface area (Å²) in [5.41, 5.74) is -0.530. The lowest BCUT2D eigenvalue weighted by atomic mass is 9.89. The van der Waals surface area contributed by atoms with Crippen molar-refractivity contribution in [1.82, 2.24) is 4.90 Å². The monoisotopic (exact) mass is 287 g/mol. The molecule has 5 nitrogen and oxygen atoms in total. The Morgan fingerprint density at radius 3 is 2.50 bits per heavy atom. The summed E-state index contributed by atoms with van der Waals surface area (Å²) in [5.74, 6) is 0.327. The lowest BCUT2D eigenvalue weighted by molar-refractivity contribution is -0.0862. The lowest BCUT2D eigenvalue weighted by Gasteiger charge is -2.37. The second-order valence-corrected chi connectivity index (χ2v) is 6.93. The Morgan fingerprint density at radius 2 is 2.00 bits per heavy atom. The molecule has 0 saturated carbocycles. The summed E-state index contributed by atoms with van der Waals surface area (Å²) in [6.45, 7) is 12.8. The molecule has 0 aromatic rings. The molecule has 1 fully saturated rings. The van der Waals surface area contributed by atoms with Gasteiger partial charge in [-0.15, -0.1) is 0 Å². The molecular formula is C15H29NO4. The molecule has 1 aliphatic rings. The smallest absolute Gasteiger partial charge is 0.410 e. The van der Waals surface area contributed by atoms with E-state index in [0.29, 0.717) is 25.6 Å². The number of hydrogen-bond acceptors (Lipinski definition) is 4. The highest BCUT2D eigenvalue weighted by atomic mass is 16.6. The van der Waals surface area contributed by atoms with E-state index in [-0.39, 0.29) is 12.0 Å². The second kappa shape index (κ2) is 6.76. The van der Waals surface area contributed by atoms with Crippen molar-refractivity contribution < 1.29 is 19.4 Å². The molecule has 5 heteroatoms. The lowest BCUT2D eigenvalue weighted by Crippen LogP contribution is -2.49. The minimum Gasteiger partial charge on any atom is -0.444 e. The van der Waals surface area contributed by atoms with Gasteiger partial charge in [-0.1, -0.05) is 20.8 Å². The molecule has 1 heterocycles. The summed E-state index contributed by atoms with van der Waals surface area (Å²) >= 11 is 0. The van der Waals surface area contributed by atoms with Crippen molar-refractivity contribution >= 4 is 6.09 Å². The Hall–Kier alpha value is -0.810. The predicted molar refractivity (Wildman–Crippen MR) is 77.6 cm³/mol. The van der Waals surface area contributed by atoms with Crippen molar-refractivity contribution in [1.29, 1.82) is 0 Å². The van der Waals surface area contributed by atoms with Gasteiger partial charge in [-0.2, -0.15) is 0 Å². The van der Waals surface area contributed by atoms with E-state index >= 15 is 0 Å². The van der Waals surface area contributed by atoms with Crippen LogP contribution < -0.4 is 0 Å². The van der Waals surface area contributed by atoms with E-state index in [1.807, 2.05) is 27.7 Å². The molecule has 1 rings (SSSR count). The van der Waals surface area contributed by atoms with Crippen molar-refractivity contribution in [2.24, 2.45) is 11.8 Å². The second-order valence-electron chi connectivity index (χ2n) is 6.93. The third kappa shape index (κ3) is 4.94. The number of nitrogens with zero attached hydrogens (tertiary/aromatic N) is 1. The van der Waals surface area contributed by atoms with E-state index in [0.717, 1.165) is 0 Å². The number of ether oxygens (including phenoxy) is 2. The molecule has 0 radical (unpaired) electrons. The van der Waals surface area contributed by atoms with E-state index < -0.39 is 17.8 Å². The highest BCUT2D eigenvalue weighted by molar-refractivity contribution is 5.68. The maximum atomic E-state index is 12.1. The van der Waals surface area contributed by atoms with Crippen LogP contribution >= 0.6 is 0 Å². The van der Waals surface area contributed by atoms with Crippen molar-refractivity contribution in [3.63, 3.8) is 0 Å². The molecule has 0 spiro atoms. The number of aliphatic hydroxyl groups excluding tert-OH is 1. The summed E-state index contributed by atoms with van der Waals surface area (Å²) in [7, 11) is 0. The van der Waals surface area contributed by atoms with Crippen LogP contribution in [0.4, 0.5) is 4.79 Å². The Labute approximate surface area is 122 Å². The van der Waals surface area contributed by atoms with E-state index in [1.54, 1.807) is 0 Å². The Bertz CT molecular complexity index is 324. The van der Waals surface area contributed by atoms with Crippen molar-refractivity contribution in [2.75, 3.05) is 19.7 Å². The van der Waals surface area contributed by atoms with Gasteiger partial charge in [-0.05, 0) is 26.7 Å². The first-order valence-electron chi connectivity index (χ1n) is 7.39. The van der Waals surface area contributed by atoms with E-state index in [4.69, 9.17) is 9.47 Å². The molecule has 1 aliphatic heterocycles. The zero-order valence-corrected chi connectivity index (χ0v) is 13.5. The van der Waals surface area contributed by atoms with Gasteiger partial charge in [0.2, 0.25) is 0 Å². The van der Waals surface area contributed by atoms with Gasteiger partial charge in [-0.3, -0.25) is 0 Å². The van der Waals surface area contributed by atoms with Gasteiger partial charge in [-0.25, -0.2) is 4.79 Å². The summed E-state index contributed by atoms with van der Waals surface area (Å²) < 4.78 is 11.2. The van der Waals surface area contributed by atoms with Crippen LogP contribution in [0, 0.1) is 11.8 Å². The minimum atomic E-state index is -0.602. The average molecular weight is 287 g/mol. The average Bonchev–Trinajstić information content (AvgIpc) is 2.27. The Morgan fingerprint density at radius 1 is 1.40 bits per heavy atom. The van der Waals surface area contributed by atoms with E-state index in [1.165, 1.54) is 4.90 Å². The minimum absolute atomic E-state index is 0.0137. The fourth-order valence-electron chi connectivity index (χ4n) is 2.44. The summed E-state index contributed by atoms with van der Waals surface area (Å²) in [6, 6.07) is 0. The largest absolute Gasteiger partial charge is 0.444 e. The number of amides is 1. The molecule has 1 N–H and O–H groups in total. The van der Waals surface area contributed by atoms with Crippen LogP contribution in [0.2, 0.25) is 0 Å². The van der Waals surface area contributed by atoms with Crippen molar-refractivity contribution in [3.8, 4) is 0 Å². The summed E-state index contributed by atoms with van der Waals surface area (Å²) in [5, 5.41) is 10.3. The topological polar surface area (TPSA) is 59.0 Å². The number of β-amino-alcohol motifs (C(OH)–C–C–N with tert-alkyl or cyclic N) is 1. The third-order valence-corrected chi connectivity index (χ3v) is 3.51.